The minimum atomic E-state index is -0.847. The predicted molar refractivity (Wildman–Crippen MR) is 87.8 cm³/mol. The van der Waals surface area contributed by atoms with Crippen LogP contribution in [0.2, 0.25) is 0 Å². The van der Waals surface area contributed by atoms with E-state index in [-0.39, 0.29) is 19.1 Å². The zero-order valence-corrected chi connectivity index (χ0v) is 13.6. The number of carbonyl (C=O) groups is 1. The van der Waals surface area contributed by atoms with E-state index in [0.717, 1.165) is 0 Å². The molecule has 0 aromatic carbocycles. The van der Waals surface area contributed by atoms with Crippen molar-refractivity contribution in [3.8, 4) is 5.88 Å². The topological polar surface area (TPSA) is 117 Å². The second-order valence-corrected chi connectivity index (χ2v) is 6.30. The Kier molecular flexibility index (Phi) is 5.20. The molecule has 0 bridgehead atoms. The molecule has 0 saturated heterocycles. The molecule has 2 aromatic rings. The summed E-state index contributed by atoms with van der Waals surface area (Å²) in [5.74, 6) is 0.0965. The lowest BCUT2D eigenvalue weighted by molar-refractivity contribution is 0.0438. The quantitative estimate of drug-likeness (QED) is 0.684. The molecule has 3 atom stereocenters. The molecule has 0 aliphatic heterocycles. The molecular formula is C17H20N4O4. The Morgan fingerprint density at radius 3 is 2.60 bits per heavy atom. The Morgan fingerprint density at radius 2 is 1.96 bits per heavy atom. The Balaban J connectivity index is 1.66. The summed E-state index contributed by atoms with van der Waals surface area (Å²) in [6, 6.07) is 3.36. The van der Waals surface area contributed by atoms with E-state index in [1.54, 1.807) is 24.5 Å². The number of ether oxygens (including phenoxy) is 1. The molecule has 2 aromatic heterocycles. The summed E-state index contributed by atoms with van der Waals surface area (Å²) in [6.45, 7) is 0.461. The van der Waals surface area contributed by atoms with E-state index >= 15 is 0 Å². The molecule has 1 aliphatic rings. The summed E-state index contributed by atoms with van der Waals surface area (Å²) in [5, 5.41) is 22.8. The number of carbonyl (C=O) groups excluding carboxylic acids is 1. The molecule has 0 spiro atoms. The maximum atomic E-state index is 12.2. The van der Waals surface area contributed by atoms with E-state index in [0.29, 0.717) is 24.3 Å². The van der Waals surface area contributed by atoms with Crippen molar-refractivity contribution in [3.63, 3.8) is 0 Å². The van der Waals surface area contributed by atoms with Gasteiger partial charge in [0.1, 0.15) is 0 Å². The third-order valence-corrected chi connectivity index (χ3v) is 4.34. The molecule has 0 radical (unpaired) electrons. The van der Waals surface area contributed by atoms with Crippen LogP contribution in [-0.4, -0.2) is 56.4 Å². The van der Waals surface area contributed by atoms with Gasteiger partial charge in [-0.3, -0.25) is 14.8 Å². The van der Waals surface area contributed by atoms with E-state index in [1.165, 1.54) is 18.6 Å². The van der Waals surface area contributed by atoms with Crippen LogP contribution >= 0.6 is 0 Å². The van der Waals surface area contributed by atoms with Crippen molar-refractivity contribution < 1.29 is 19.7 Å². The molecular weight excluding hydrogens is 324 g/mol. The van der Waals surface area contributed by atoms with Crippen molar-refractivity contribution in [1.29, 1.82) is 0 Å². The van der Waals surface area contributed by atoms with E-state index in [9.17, 15) is 15.0 Å². The first kappa shape index (κ1) is 17.2. The van der Waals surface area contributed by atoms with Crippen LogP contribution in [0, 0.1) is 5.41 Å². The van der Waals surface area contributed by atoms with Gasteiger partial charge < -0.3 is 20.3 Å². The summed E-state index contributed by atoms with van der Waals surface area (Å²) in [7, 11) is 0. The van der Waals surface area contributed by atoms with Crippen LogP contribution in [0.5, 0.6) is 5.88 Å². The zero-order valence-electron chi connectivity index (χ0n) is 13.6. The molecule has 25 heavy (non-hydrogen) atoms. The molecule has 2 heterocycles. The van der Waals surface area contributed by atoms with Gasteiger partial charge in [-0.1, -0.05) is 0 Å². The van der Waals surface area contributed by atoms with Crippen molar-refractivity contribution >= 4 is 5.91 Å². The van der Waals surface area contributed by atoms with E-state index in [4.69, 9.17) is 4.74 Å². The number of pyridine rings is 1. The smallest absolute Gasteiger partial charge is 0.252 e. The van der Waals surface area contributed by atoms with Gasteiger partial charge in [0.15, 0.2) is 0 Å². The van der Waals surface area contributed by atoms with Gasteiger partial charge in [0, 0.05) is 36.7 Å². The number of hydrogen-bond acceptors (Lipinski definition) is 7. The first-order valence-corrected chi connectivity index (χ1v) is 8.01. The van der Waals surface area contributed by atoms with Crippen molar-refractivity contribution in [3.05, 3.63) is 48.7 Å². The number of hydrogen-bond donors (Lipinski definition) is 3. The average Bonchev–Trinajstić information content (AvgIpc) is 2.94. The molecule has 1 saturated carbocycles. The van der Waals surface area contributed by atoms with Crippen molar-refractivity contribution in [1.82, 2.24) is 20.3 Å². The predicted octanol–water partition coefficient (Wildman–Crippen LogP) is 0.182. The van der Waals surface area contributed by atoms with Crippen LogP contribution in [-0.2, 0) is 0 Å². The van der Waals surface area contributed by atoms with Crippen LogP contribution in [0.25, 0.3) is 0 Å². The fourth-order valence-electron chi connectivity index (χ4n) is 3.01. The van der Waals surface area contributed by atoms with Crippen molar-refractivity contribution in [2.24, 2.45) is 5.41 Å². The fraction of sp³-hybridized carbons (Fsp3) is 0.412. The van der Waals surface area contributed by atoms with E-state index in [2.05, 4.69) is 20.3 Å². The maximum Gasteiger partial charge on any atom is 0.252 e. The fourth-order valence-corrected chi connectivity index (χ4v) is 3.01. The van der Waals surface area contributed by atoms with Gasteiger partial charge in [0.2, 0.25) is 5.88 Å². The van der Waals surface area contributed by atoms with Crippen molar-refractivity contribution in [2.45, 2.75) is 25.0 Å². The number of nitrogens with zero attached hydrogens (tertiary/aromatic N) is 3. The standard InChI is InChI=1S/C17H20N4O4/c22-13-6-17(7-14(13)23,11-25-15-9-19-4-5-20-15)10-21-16(24)12-2-1-3-18-8-12/h1-5,8-9,13-14,22-23H,6-7,10-11H2,(H,21,24)/t13-,14+,17?. The Morgan fingerprint density at radius 1 is 1.20 bits per heavy atom. The van der Waals surface area contributed by atoms with Crippen LogP contribution < -0.4 is 10.1 Å². The third kappa shape index (κ3) is 4.28. The average molecular weight is 344 g/mol. The second-order valence-electron chi connectivity index (χ2n) is 6.30. The lowest BCUT2D eigenvalue weighted by atomic mass is 9.86. The van der Waals surface area contributed by atoms with Crippen LogP contribution in [0.4, 0.5) is 0 Å². The highest BCUT2D eigenvalue weighted by Gasteiger charge is 2.45. The number of aromatic nitrogens is 3. The monoisotopic (exact) mass is 344 g/mol. The van der Waals surface area contributed by atoms with Crippen molar-refractivity contribution in [2.75, 3.05) is 13.2 Å². The second kappa shape index (κ2) is 7.54. The number of nitrogens with one attached hydrogen (secondary N) is 1. The first-order valence-electron chi connectivity index (χ1n) is 8.01. The molecule has 1 amide bonds. The molecule has 1 fully saturated rings. The first-order chi connectivity index (χ1) is 12.1. The highest BCUT2D eigenvalue weighted by molar-refractivity contribution is 5.93. The largest absolute Gasteiger partial charge is 0.476 e. The Hall–Kier alpha value is -2.58. The molecule has 8 heteroatoms. The minimum Gasteiger partial charge on any atom is -0.476 e. The lowest BCUT2D eigenvalue weighted by Crippen LogP contribution is -2.40. The number of aliphatic hydroxyl groups is 2. The SMILES string of the molecule is O=C(NCC1(COc2cnccn2)C[C@@H](O)[C@@H](O)C1)c1cccnc1. The summed E-state index contributed by atoms with van der Waals surface area (Å²) < 4.78 is 5.67. The van der Waals surface area contributed by atoms with Gasteiger partial charge in [0.05, 0.1) is 30.6 Å². The molecule has 132 valence electrons. The van der Waals surface area contributed by atoms with Gasteiger partial charge in [-0.2, -0.15) is 0 Å². The van der Waals surface area contributed by atoms with E-state index < -0.39 is 17.6 Å². The zero-order chi connectivity index (χ0) is 17.7. The summed E-state index contributed by atoms with van der Waals surface area (Å²) in [4.78, 5) is 24.1. The highest BCUT2D eigenvalue weighted by Crippen LogP contribution is 2.38. The lowest BCUT2D eigenvalue weighted by Gasteiger charge is -2.28. The third-order valence-electron chi connectivity index (χ3n) is 4.34. The molecule has 8 nitrogen and oxygen atoms in total. The van der Waals surface area contributed by atoms with Gasteiger partial charge in [-0.25, -0.2) is 4.98 Å². The van der Waals surface area contributed by atoms with Gasteiger partial charge in [0.25, 0.3) is 5.91 Å². The molecule has 1 aliphatic carbocycles. The van der Waals surface area contributed by atoms with Crippen LogP contribution in [0.15, 0.2) is 43.1 Å². The normalized spacial score (nSPS) is 25.5. The van der Waals surface area contributed by atoms with Gasteiger partial charge in [-0.15, -0.1) is 0 Å². The summed E-state index contributed by atoms with van der Waals surface area (Å²) in [5.41, 5.74) is -0.139. The molecule has 1 unspecified atom stereocenters. The maximum absolute atomic E-state index is 12.2. The number of amides is 1. The van der Waals surface area contributed by atoms with Crippen LogP contribution in [0.1, 0.15) is 23.2 Å². The van der Waals surface area contributed by atoms with E-state index in [1.807, 2.05) is 0 Å². The Bertz CT molecular complexity index is 688. The summed E-state index contributed by atoms with van der Waals surface area (Å²) >= 11 is 0. The Labute approximate surface area is 144 Å². The van der Waals surface area contributed by atoms with Gasteiger partial charge in [-0.05, 0) is 25.0 Å². The highest BCUT2D eigenvalue weighted by atomic mass is 16.5. The van der Waals surface area contributed by atoms with Crippen LogP contribution in [0.3, 0.4) is 0 Å². The number of rotatable bonds is 6. The minimum absolute atomic E-state index is 0.202. The number of aliphatic hydroxyl groups excluding tert-OH is 2. The summed E-state index contributed by atoms with van der Waals surface area (Å²) in [6.07, 6.45) is 6.58. The molecule has 3 rings (SSSR count). The van der Waals surface area contributed by atoms with Gasteiger partial charge >= 0.3 is 0 Å². The molecule has 3 N–H and O–H groups in total.